The van der Waals surface area contributed by atoms with E-state index in [1.165, 1.54) is 0 Å². The first-order valence-corrected chi connectivity index (χ1v) is 8.83. The van der Waals surface area contributed by atoms with Gasteiger partial charge in [0.15, 0.2) is 5.96 Å². The fourth-order valence-corrected chi connectivity index (χ4v) is 2.44. The molecule has 0 bridgehead atoms. The fraction of sp³-hybridized carbons (Fsp3) is 0.350. The number of ether oxygens (including phenoxy) is 1. The standard InChI is InChI=1S/C20H27N5O2/c1-21-20(23-14-16-7-6-9-18(13-16)27-3)24-15-19(26)25(2)12-10-17-8-4-5-11-22-17/h4-9,11,13H,10,12,14-15H2,1-3H3,(H2,21,23,24). The zero-order chi connectivity index (χ0) is 19.5. The SMILES string of the molecule is CN=C(NCC(=O)N(C)CCc1ccccn1)NCc1cccc(OC)c1. The minimum atomic E-state index is -0.00439. The van der Waals surface area contributed by atoms with Gasteiger partial charge in [-0.2, -0.15) is 0 Å². The molecule has 0 atom stereocenters. The van der Waals surface area contributed by atoms with E-state index in [1.54, 1.807) is 32.3 Å². The van der Waals surface area contributed by atoms with Crippen LogP contribution in [0.2, 0.25) is 0 Å². The van der Waals surface area contributed by atoms with Gasteiger partial charge in [-0.3, -0.25) is 14.8 Å². The van der Waals surface area contributed by atoms with Gasteiger partial charge in [-0.25, -0.2) is 0 Å². The number of aromatic nitrogens is 1. The summed E-state index contributed by atoms with van der Waals surface area (Å²) in [5.41, 5.74) is 2.04. The summed E-state index contributed by atoms with van der Waals surface area (Å²) >= 11 is 0. The summed E-state index contributed by atoms with van der Waals surface area (Å²) in [5, 5.41) is 6.24. The first kappa shape index (κ1) is 20.2. The number of hydrogen-bond acceptors (Lipinski definition) is 4. The molecule has 1 aromatic heterocycles. The van der Waals surface area contributed by atoms with Crippen molar-refractivity contribution >= 4 is 11.9 Å². The van der Waals surface area contributed by atoms with Crippen LogP contribution in [0.5, 0.6) is 5.75 Å². The molecule has 1 aromatic carbocycles. The van der Waals surface area contributed by atoms with Gasteiger partial charge in [0.25, 0.3) is 0 Å². The lowest BCUT2D eigenvalue weighted by molar-refractivity contribution is -0.128. The summed E-state index contributed by atoms with van der Waals surface area (Å²) < 4.78 is 5.22. The highest BCUT2D eigenvalue weighted by molar-refractivity contribution is 5.86. The van der Waals surface area contributed by atoms with Crippen molar-refractivity contribution in [3.05, 3.63) is 59.9 Å². The van der Waals surface area contributed by atoms with Crippen molar-refractivity contribution < 1.29 is 9.53 Å². The van der Waals surface area contributed by atoms with Gasteiger partial charge in [-0.05, 0) is 29.8 Å². The number of amides is 1. The van der Waals surface area contributed by atoms with E-state index in [2.05, 4.69) is 20.6 Å². The van der Waals surface area contributed by atoms with Gasteiger partial charge in [0, 0.05) is 45.5 Å². The van der Waals surface area contributed by atoms with Crippen LogP contribution in [0.1, 0.15) is 11.3 Å². The number of nitrogens with zero attached hydrogens (tertiary/aromatic N) is 3. The van der Waals surface area contributed by atoms with Crippen LogP contribution in [0.3, 0.4) is 0 Å². The molecular formula is C20H27N5O2. The molecule has 0 aliphatic heterocycles. The lowest BCUT2D eigenvalue weighted by atomic mass is 10.2. The Kier molecular flexibility index (Phi) is 8.09. The predicted molar refractivity (Wildman–Crippen MR) is 107 cm³/mol. The second kappa shape index (κ2) is 10.8. The Morgan fingerprint density at radius 1 is 1.22 bits per heavy atom. The maximum absolute atomic E-state index is 12.3. The van der Waals surface area contributed by atoms with Crippen LogP contribution in [-0.2, 0) is 17.8 Å². The first-order valence-electron chi connectivity index (χ1n) is 8.83. The number of guanidine groups is 1. The van der Waals surface area contributed by atoms with E-state index in [4.69, 9.17) is 4.74 Å². The minimum Gasteiger partial charge on any atom is -0.497 e. The van der Waals surface area contributed by atoms with E-state index in [1.807, 2.05) is 42.5 Å². The zero-order valence-electron chi connectivity index (χ0n) is 16.1. The van der Waals surface area contributed by atoms with E-state index >= 15 is 0 Å². The Bertz CT molecular complexity index is 749. The molecule has 0 fully saturated rings. The number of likely N-dealkylation sites (N-methyl/N-ethyl adjacent to an activating group) is 1. The van der Waals surface area contributed by atoms with E-state index < -0.39 is 0 Å². The highest BCUT2D eigenvalue weighted by Crippen LogP contribution is 2.11. The lowest BCUT2D eigenvalue weighted by Crippen LogP contribution is -2.43. The number of carbonyl (C=O) groups is 1. The highest BCUT2D eigenvalue weighted by atomic mass is 16.5. The van der Waals surface area contributed by atoms with Crippen LogP contribution in [0.25, 0.3) is 0 Å². The van der Waals surface area contributed by atoms with Gasteiger partial charge >= 0.3 is 0 Å². The van der Waals surface area contributed by atoms with E-state index in [0.717, 1.165) is 23.4 Å². The number of rotatable bonds is 8. The number of methoxy groups -OCH3 is 1. The third-order valence-electron chi connectivity index (χ3n) is 4.08. The van der Waals surface area contributed by atoms with Gasteiger partial charge in [0.05, 0.1) is 13.7 Å². The van der Waals surface area contributed by atoms with Crippen molar-refractivity contribution in [2.75, 3.05) is 34.3 Å². The van der Waals surface area contributed by atoms with Crippen molar-refractivity contribution in [2.45, 2.75) is 13.0 Å². The molecule has 2 N–H and O–H groups in total. The Hall–Kier alpha value is -3.09. The topological polar surface area (TPSA) is 78.9 Å². The molecular weight excluding hydrogens is 342 g/mol. The van der Waals surface area contributed by atoms with Crippen molar-refractivity contribution in [1.82, 2.24) is 20.5 Å². The molecule has 0 saturated carbocycles. The van der Waals surface area contributed by atoms with Crippen LogP contribution in [0.4, 0.5) is 0 Å². The quantitative estimate of drug-likeness (QED) is 0.544. The molecule has 2 aromatic rings. The summed E-state index contributed by atoms with van der Waals surface area (Å²) in [6.07, 6.45) is 2.49. The van der Waals surface area contributed by atoms with Gasteiger partial charge in [0.2, 0.25) is 5.91 Å². The number of hydrogen-bond donors (Lipinski definition) is 2. The van der Waals surface area contributed by atoms with E-state index in [0.29, 0.717) is 19.0 Å². The van der Waals surface area contributed by atoms with Gasteiger partial charge < -0.3 is 20.3 Å². The van der Waals surface area contributed by atoms with Crippen LogP contribution >= 0.6 is 0 Å². The summed E-state index contributed by atoms with van der Waals surface area (Å²) in [6, 6.07) is 13.6. The third-order valence-corrected chi connectivity index (χ3v) is 4.08. The smallest absolute Gasteiger partial charge is 0.241 e. The maximum atomic E-state index is 12.3. The number of pyridine rings is 1. The van der Waals surface area contributed by atoms with Crippen LogP contribution < -0.4 is 15.4 Å². The average molecular weight is 369 g/mol. The van der Waals surface area contributed by atoms with Gasteiger partial charge in [0.1, 0.15) is 5.75 Å². The molecule has 2 rings (SSSR count). The lowest BCUT2D eigenvalue weighted by Gasteiger charge is -2.18. The van der Waals surface area contributed by atoms with Crippen molar-refractivity contribution in [2.24, 2.45) is 4.99 Å². The first-order chi connectivity index (χ1) is 13.1. The normalized spacial score (nSPS) is 11.0. The molecule has 0 unspecified atom stereocenters. The summed E-state index contributed by atoms with van der Waals surface area (Å²) in [7, 11) is 5.11. The number of aliphatic imine (C=N–C) groups is 1. The maximum Gasteiger partial charge on any atom is 0.241 e. The molecule has 0 radical (unpaired) electrons. The zero-order valence-corrected chi connectivity index (χ0v) is 16.1. The van der Waals surface area contributed by atoms with E-state index in [9.17, 15) is 4.79 Å². The van der Waals surface area contributed by atoms with Gasteiger partial charge in [-0.15, -0.1) is 0 Å². The number of nitrogens with one attached hydrogen (secondary N) is 2. The number of carbonyl (C=O) groups excluding carboxylic acids is 1. The summed E-state index contributed by atoms with van der Waals surface area (Å²) in [5.74, 6) is 1.38. The third kappa shape index (κ3) is 6.97. The summed E-state index contributed by atoms with van der Waals surface area (Å²) in [4.78, 5) is 22.4. The van der Waals surface area contributed by atoms with Crippen molar-refractivity contribution in [3.63, 3.8) is 0 Å². The van der Waals surface area contributed by atoms with Gasteiger partial charge in [-0.1, -0.05) is 18.2 Å². The summed E-state index contributed by atoms with van der Waals surface area (Å²) in [6.45, 7) is 1.38. The van der Waals surface area contributed by atoms with Crippen molar-refractivity contribution in [3.8, 4) is 5.75 Å². The largest absolute Gasteiger partial charge is 0.497 e. The molecule has 144 valence electrons. The minimum absolute atomic E-state index is 0.00439. The molecule has 7 nitrogen and oxygen atoms in total. The van der Waals surface area contributed by atoms with Crippen LogP contribution in [0, 0.1) is 0 Å². The molecule has 0 saturated heterocycles. The molecule has 1 heterocycles. The molecule has 1 amide bonds. The molecule has 7 heteroatoms. The van der Waals surface area contributed by atoms with E-state index in [-0.39, 0.29) is 12.5 Å². The molecule has 0 aliphatic carbocycles. The predicted octanol–water partition coefficient (Wildman–Crippen LogP) is 1.46. The monoisotopic (exact) mass is 369 g/mol. The molecule has 0 spiro atoms. The Morgan fingerprint density at radius 3 is 2.78 bits per heavy atom. The average Bonchev–Trinajstić information content (AvgIpc) is 2.72. The number of benzene rings is 1. The highest BCUT2D eigenvalue weighted by Gasteiger charge is 2.10. The second-order valence-electron chi connectivity index (χ2n) is 6.02. The Labute approximate surface area is 160 Å². The van der Waals surface area contributed by atoms with Crippen molar-refractivity contribution in [1.29, 1.82) is 0 Å². The van der Waals surface area contributed by atoms with Crippen LogP contribution in [0.15, 0.2) is 53.7 Å². The Morgan fingerprint density at radius 2 is 2.07 bits per heavy atom. The second-order valence-corrected chi connectivity index (χ2v) is 6.02. The Balaban J connectivity index is 1.74. The van der Waals surface area contributed by atoms with Crippen LogP contribution in [-0.4, -0.2) is 56.0 Å². The molecule has 0 aliphatic rings. The fourth-order valence-electron chi connectivity index (χ4n) is 2.44. The molecule has 27 heavy (non-hydrogen) atoms.